The molecule has 1 fully saturated rings. The molecule has 3 heteroatoms. The van der Waals surface area contributed by atoms with Gasteiger partial charge in [-0.15, -0.1) is 0 Å². The molecule has 19 heavy (non-hydrogen) atoms. The fourth-order valence-corrected chi connectivity index (χ4v) is 3.24. The van der Waals surface area contributed by atoms with E-state index >= 15 is 0 Å². The van der Waals surface area contributed by atoms with Gasteiger partial charge in [-0.05, 0) is 56.1 Å². The Bertz CT molecular complexity index is 427. The van der Waals surface area contributed by atoms with E-state index < -0.39 is 0 Å². The Morgan fingerprint density at radius 2 is 2.37 bits per heavy atom. The van der Waals surface area contributed by atoms with Crippen LogP contribution < -0.4 is 10.1 Å². The van der Waals surface area contributed by atoms with Gasteiger partial charge in [0, 0.05) is 19.5 Å². The van der Waals surface area contributed by atoms with Gasteiger partial charge in [0.25, 0.3) is 0 Å². The lowest BCUT2D eigenvalue weighted by Gasteiger charge is -2.27. The van der Waals surface area contributed by atoms with E-state index in [0.717, 1.165) is 31.2 Å². The van der Waals surface area contributed by atoms with Crippen molar-refractivity contribution < 1.29 is 4.74 Å². The summed E-state index contributed by atoms with van der Waals surface area (Å²) in [6.07, 6.45) is 3.77. The summed E-state index contributed by atoms with van der Waals surface area (Å²) in [4.78, 5) is 2.45. The van der Waals surface area contributed by atoms with Crippen molar-refractivity contribution in [2.24, 2.45) is 5.92 Å². The minimum Gasteiger partial charge on any atom is -0.493 e. The third kappa shape index (κ3) is 3.28. The van der Waals surface area contributed by atoms with Crippen LogP contribution in [-0.2, 0) is 13.0 Å². The van der Waals surface area contributed by atoms with Gasteiger partial charge in [-0.1, -0.05) is 12.1 Å². The van der Waals surface area contributed by atoms with E-state index in [1.165, 1.54) is 43.6 Å². The first kappa shape index (κ1) is 12.9. The van der Waals surface area contributed by atoms with Crippen molar-refractivity contribution in [2.45, 2.75) is 25.8 Å². The number of nitrogens with one attached hydrogen (secondary N) is 1. The average molecular weight is 260 g/mol. The molecule has 0 aliphatic carbocycles. The highest BCUT2D eigenvalue weighted by Crippen LogP contribution is 2.26. The normalized spacial score (nSPS) is 22.3. The Morgan fingerprint density at radius 1 is 1.42 bits per heavy atom. The Balaban J connectivity index is 1.55. The molecule has 2 aliphatic heterocycles. The Hall–Kier alpha value is -1.06. The van der Waals surface area contributed by atoms with Gasteiger partial charge in [0.2, 0.25) is 0 Å². The molecular weight excluding hydrogens is 236 g/mol. The number of ether oxygens (including phenoxy) is 1. The molecular formula is C16H24N2O. The number of nitrogens with zero attached hydrogens (tertiary/aromatic N) is 1. The molecule has 1 saturated heterocycles. The molecule has 1 unspecified atom stereocenters. The van der Waals surface area contributed by atoms with E-state index in [1.807, 2.05) is 0 Å². The minimum atomic E-state index is 0.816. The third-order valence-corrected chi connectivity index (χ3v) is 4.18. The molecule has 3 rings (SSSR count). The maximum absolute atomic E-state index is 5.56. The minimum absolute atomic E-state index is 0.816. The zero-order chi connectivity index (χ0) is 13.1. The van der Waals surface area contributed by atoms with E-state index in [0.29, 0.717) is 0 Å². The fourth-order valence-electron chi connectivity index (χ4n) is 3.24. The van der Waals surface area contributed by atoms with Crippen LogP contribution in [0.1, 0.15) is 24.0 Å². The summed E-state index contributed by atoms with van der Waals surface area (Å²) in [7, 11) is 2.23. The highest BCUT2D eigenvalue weighted by molar-refractivity contribution is 5.39. The number of rotatable bonds is 4. The summed E-state index contributed by atoms with van der Waals surface area (Å²) in [5.41, 5.74) is 2.79. The monoisotopic (exact) mass is 260 g/mol. The van der Waals surface area contributed by atoms with Gasteiger partial charge < -0.3 is 15.0 Å². The molecule has 0 aromatic heterocycles. The van der Waals surface area contributed by atoms with Crippen LogP contribution in [0.15, 0.2) is 18.2 Å². The van der Waals surface area contributed by atoms with Crippen LogP contribution in [0.2, 0.25) is 0 Å². The topological polar surface area (TPSA) is 24.5 Å². The van der Waals surface area contributed by atoms with Crippen LogP contribution in [0.3, 0.4) is 0 Å². The van der Waals surface area contributed by atoms with Gasteiger partial charge >= 0.3 is 0 Å². The molecule has 3 nitrogen and oxygen atoms in total. The first-order chi connectivity index (χ1) is 9.31. The van der Waals surface area contributed by atoms with Crippen molar-refractivity contribution in [3.05, 3.63) is 29.3 Å². The molecule has 0 radical (unpaired) electrons. The first-order valence-corrected chi connectivity index (χ1v) is 7.45. The molecule has 1 aromatic carbocycles. The summed E-state index contributed by atoms with van der Waals surface area (Å²) in [5, 5.41) is 3.49. The lowest BCUT2D eigenvalue weighted by molar-refractivity contribution is 0.237. The SMILES string of the molecule is CN(Cc1ccc2c(c1)CCO2)CC1CCCNC1. The number of benzene rings is 1. The maximum Gasteiger partial charge on any atom is 0.122 e. The quantitative estimate of drug-likeness (QED) is 0.897. The van der Waals surface area contributed by atoms with Crippen molar-refractivity contribution in [1.29, 1.82) is 0 Å². The van der Waals surface area contributed by atoms with Crippen molar-refractivity contribution in [3.8, 4) is 5.75 Å². The van der Waals surface area contributed by atoms with Crippen LogP contribution in [0.5, 0.6) is 5.75 Å². The predicted octanol–water partition coefficient (Wildman–Crippen LogP) is 2.05. The fraction of sp³-hybridized carbons (Fsp3) is 0.625. The van der Waals surface area contributed by atoms with Crippen molar-refractivity contribution in [3.63, 3.8) is 0 Å². The number of hydrogen-bond acceptors (Lipinski definition) is 3. The van der Waals surface area contributed by atoms with Gasteiger partial charge in [-0.3, -0.25) is 0 Å². The van der Waals surface area contributed by atoms with Crippen LogP contribution in [0.4, 0.5) is 0 Å². The van der Waals surface area contributed by atoms with E-state index in [4.69, 9.17) is 4.74 Å². The molecule has 0 spiro atoms. The Morgan fingerprint density at radius 3 is 3.21 bits per heavy atom. The summed E-state index contributed by atoms with van der Waals surface area (Å²) < 4.78 is 5.56. The molecule has 104 valence electrons. The lowest BCUT2D eigenvalue weighted by Crippen LogP contribution is -2.36. The Kier molecular flexibility index (Phi) is 4.04. The molecule has 0 amide bonds. The summed E-state index contributed by atoms with van der Waals surface area (Å²) in [6, 6.07) is 6.66. The molecule has 1 N–H and O–H groups in total. The summed E-state index contributed by atoms with van der Waals surface area (Å²) in [5.74, 6) is 1.90. The first-order valence-electron chi connectivity index (χ1n) is 7.45. The molecule has 2 aliphatic rings. The average Bonchev–Trinajstić information content (AvgIpc) is 2.87. The molecule has 1 atom stereocenters. The summed E-state index contributed by atoms with van der Waals surface area (Å²) >= 11 is 0. The molecule has 0 saturated carbocycles. The maximum atomic E-state index is 5.56. The van der Waals surface area contributed by atoms with E-state index in [1.54, 1.807) is 0 Å². The van der Waals surface area contributed by atoms with Gasteiger partial charge in [0.1, 0.15) is 5.75 Å². The van der Waals surface area contributed by atoms with Crippen LogP contribution in [0.25, 0.3) is 0 Å². The van der Waals surface area contributed by atoms with Gasteiger partial charge in [0.15, 0.2) is 0 Å². The molecule has 2 heterocycles. The second-order valence-corrected chi connectivity index (χ2v) is 5.95. The zero-order valence-corrected chi connectivity index (χ0v) is 11.8. The Labute approximate surface area is 115 Å². The third-order valence-electron chi connectivity index (χ3n) is 4.18. The lowest BCUT2D eigenvalue weighted by atomic mass is 9.99. The largest absolute Gasteiger partial charge is 0.493 e. The van der Waals surface area contributed by atoms with Crippen molar-refractivity contribution in [1.82, 2.24) is 10.2 Å². The molecule has 0 bridgehead atoms. The zero-order valence-electron chi connectivity index (χ0n) is 11.8. The van der Waals surface area contributed by atoms with Gasteiger partial charge in [-0.2, -0.15) is 0 Å². The van der Waals surface area contributed by atoms with Crippen molar-refractivity contribution >= 4 is 0 Å². The van der Waals surface area contributed by atoms with Crippen LogP contribution in [0, 0.1) is 5.92 Å². The van der Waals surface area contributed by atoms with Crippen LogP contribution in [-0.4, -0.2) is 38.2 Å². The van der Waals surface area contributed by atoms with E-state index in [2.05, 4.69) is 35.5 Å². The van der Waals surface area contributed by atoms with Gasteiger partial charge in [-0.25, -0.2) is 0 Å². The number of piperidine rings is 1. The van der Waals surface area contributed by atoms with Crippen LogP contribution >= 0.6 is 0 Å². The highest BCUT2D eigenvalue weighted by Gasteiger charge is 2.16. The van der Waals surface area contributed by atoms with E-state index in [-0.39, 0.29) is 0 Å². The smallest absolute Gasteiger partial charge is 0.122 e. The van der Waals surface area contributed by atoms with E-state index in [9.17, 15) is 0 Å². The van der Waals surface area contributed by atoms with Crippen molar-refractivity contribution in [2.75, 3.05) is 33.3 Å². The predicted molar refractivity (Wildman–Crippen MR) is 77.6 cm³/mol. The second kappa shape index (κ2) is 5.93. The molecule has 1 aromatic rings. The number of hydrogen-bond donors (Lipinski definition) is 1. The standard InChI is InChI=1S/C16H24N2O/c1-18(12-14-3-2-7-17-10-14)11-13-4-5-16-15(9-13)6-8-19-16/h4-5,9,14,17H,2-3,6-8,10-12H2,1H3. The highest BCUT2D eigenvalue weighted by atomic mass is 16.5. The second-order valence-electron chi connectivity index (χ2n) is 5.95. The number of fused-ring (bicyclic) bond motifs is 1. The van der Waals surface area contributed by atoms with Gasteiger partial charge in [0.05, 0.1) is 6.61 Å². The summed E-state index contributed by atoms with van der Waals surface area (Å²) in [6.45, 7) is 5.47.